The van der Waals surface area contributed by atoms with Crippen LogP contribution in [0, 0.1) is 0 Å². The normalized spacial score (nSPS) is 13.9. The predicted molar refractivity (Wildman–Crippen MR) is 121 cm³/mol. The fraction of sp³-hybridized carbons (Fsp3) is 0.333. The summed E-state index contributed by atoms with van der Waals surface area (Å²) in [4.78, 5) is 28.2. The summed E-state index contributed by atoms with van der Waals surface area (Å²) in [6, 6.07) is 13.8. The highest BCUT2D eigenvalue weighted by Gasteiger charge is 2.24. The minimum atomic E-state index is -3.68. The Kier molecular flexibility index (Phi) is 7.04. The highest BCUT2D eigenvalue weighted by Crippen LogP contribution is 2.25. The van der Waals surface area contributed by atoms with Crippen LogP contribution in [0.1, 0.15) is 23.2 Å². The maximum atomic E-state index is 12.8. The third kappa shape index (κ3) is 5.34. The first-order valence-electron chi connectivity index (χ1n) is 9.59. The predicted octanol–water partition coefficient (Wildman–Crippen LogP) is 3.05. The summed E-state index contributed by atoms with van der Waals surface area (Å²) in [5, 5.41) is 2.72. The van der Waals surface area contributed by atoms with Crippen molar-refractivity contribution in [1.82, 2.24) is 4.90 Å². The number of anilines is 2. The minimum absolute atomic E-state index is 0.129. The third-order valence-electron chi connectivity index (χ3n) is 4.85. The zero-order chi connectivity index (χ0) is 21.7. The summed E-state index contributed by atoms with van der Waals surface area (Å²) in [5.74, 6) is -0.646. The van der Waals surface area contributed by atoms with Gasteiger partial charge in [0.15, 0.2) is 0 Å². The molecule has 0 radical (unpaired) electrons. The molecule has 1 fully saturated rings. The zero-order valence-electron chi connectivity index (χ0n) is 17.0. The SMILES string of the molecule is CSc1cccc(N(CC(=O)Nc2ccccc2C(=O)N2CCCC2)S(C)(=O)=O)c1. The molecular formula is C21H25N3O4S2. The van der Waals surface area contributed by atoms with E-state index in [-0.39, 0.29) is 12.5 Å². The second kappa shape index (κ2) is 9.53. The van der Waals surface area contributed by atoms with Crippen molar-refractivity contribution in [3.05, 3.63) is 54.1 Å². The molecule has 7 nitrogen and oxygen atoms in total. The fourth-order valence-electron chi connectivity index (χ4n) is 3.35. The van der Waals surface area contributed by atoms with Crippen molar-refractivity contribution in [3.63, 3.8) is 0 Å². The van der Waals surface area contributed by atoms with Crippen molar-refractivity contribution < 1.29 is 18.0 Å². The van der Waals surface area contributed by atoms with Crippen molar-refractivity contribution >= 4 is 45.0 Å². The minimum Gasteiger partial charge on any atom is -0.339 e. The average Bonchev–Trinajstić information content (AvgIpc) is 3.26. The number of carbonyl (C=O) groups excluding carboxylic acids is 2. The lowest BCUT2D eigenvalue weighted by molar-refractivity contribution is -0.114. The van der Waals surface area contributed by atoms with Crippen LogP contribution in [-0.4, -0.2) is 57.3 Å². The van der Waals surface area contributed by atoms with Crippen LogP contribution in [0.25, 0.3) is 0 Å². The van der Waals surface area contributed by atoms with E-state index in [4.69, 9.17) is 0 Å². The Labute approximate surface area is 181 Å². The first-order valence-corrected chi connectivity index (χ1v) is 12.7. The zero-order valence-corrected chi connectivity index (χ0v) is 18.6. The number of thioether (sulfide) groups is 1. The van der Waals surface area contributed by atoms with E-state index in [1.54, 1.807) is 47.4 Å². The molecular weight excluding hydrogens is 422 g/mol. The average molecular weight is 448 g/mol. The van der Waals surface area contributed by atoms with Crippen LogP contribution < -0.4 is 9.62 Å². The van der Waals surface area contributed by atoms with Crippen molar-refractivity contribution in [2.24, 2.45) is 0 Å². The molecule has 2 amide bonds. The Balaban J connectivity index is 1.80. The molecule has 1 heterocycles. The number of amides is 2. The Bertz CT molecular complexity index is 1030. The second-order valence-corrected chi connectivity index (χ2v) is 9.85. The van der Waals surface area contributed by atoms with E-state index >= 15 is 0 Å². The number of hydrogen-bond acceptors (Lipinski definition) is 5. The number of nitrogens with one attached hydrogen (secondary N) is 1. The van der Waals surface area contributed by atoms with Crippen molar-refractivity contribution in [1.29, 1.82) is 0 Å². The molecule has 0 aromatic heterocycles. The molecule has 0 bridgehead atoms. The smallest absolute Gasteiger partial charge is 0.255 e. The lowest BCUT2D eigenvalue weighted by atomic mass is 10.1. The van der Waals surface area contributed by atoms with E-state index in [9.17, 15) is 18.0 Å². The first-order chi connectivity index (χ1) is 14.3. The summed E-state index contributed by atoms with van der Waals surface area (Å²) in [6.45, 7) is 1.02. The molecule has 30 heavy (non-hydrogen) atoms. The fourth-order valence-corrected chi connectivity index (χ4v) is 4.66. The number of carbonyl (C=O) groups is 2. The molecule has 0 aliphatic carbocycles. The van der Waals surface area contributed by atoms with Gasteiger partial charge >= 0.3 is 0 Å². The summed E-state index contributed by atoms with van der Waals surface area (Å²) >= 11 is 1.49. The standard InChI is InChI=1S/C21H25N3O4S2/c1-29-17-9-7-8-16(14-17)24(30(2,27)28)15-20(25)22-19-11-4-3-10-18(19)21(26)23-12-5-6-13-23/h3-4,7-11,14H,5-6,12-13,15H2,1-2H3,(H,22,25). The van der Waals surface area contributed by atoms with Crippen LogP contribution in [-0.2, 0) is 14.8 Å². The lowest BCUT2D eigenvalue weighted by Crippen LogP contribution is -2.38. The van der Waals surface area contributed by atoms with Gasteiger partial charge in [0, 0.05) is 18.0 Å². The van der Waals surface area contributed by atoms with Crippen LogP contribution in [0.3, 0.4) is 0 Å². The summed E-state index contributed by atoms with van der Waals surface area (Å²) < 4.78 is 25.8. The van der Waals surface area contributed by atoms with Crippen molar-refractivity contribution in [2.45, 2.75) is 17.7 Å². The Morgan fingerprint density at radius 1 is 1.10 bits per heavy atom. The molecule has 1 N–H and O–H groups in total. The number of sulfonamides is 1. The van der Waals surface area contributed by atoms with Crippen LogP contribution in [0.2, 0.25) is 0 Å². The van der Waals surface area contributed by atoms with E-state index in [0.29, 0.717) is 30.0 Å². The molecule has 0 spiro atoms. The molecule has 2 aromatic rings. The molecule has 0 saturated carbocycles. The van der Waals surface area contributed by atoms with Crippen LogP contribution in [0.15, 0.2) is 53.4 Å². The van der Waals surface area contributed by atoms with Crippen LogP contribution in [0.4, 0.5) is 11.4 Å². The molecule has 1 aliphatic heterocycles. The molecule has 1 saturated heterocycles. The first kappa shape index (κ1) is 22.2. The van der Waals surface area contributed by atoms with Crippen molar-refractivity contribution in [2.75, 3.05) is 41.8 Å². The second-order valence-electron chi connectivity index (χ2n) is 7.06. The quantitative estimate of drug-likeness (QED) is 0.659. The van der Waals surface area contributed by atoms with Gasteiger partial charge in [0.2, 0.25) is 15.9 Å². The number of benzene rings is 2. The Morgan fingerprint density at radius 3 is 2.47 bits per heavy atom. The monoisotopic (exact) mass is 447 g/mol. The van der Waals surface area contributed by atoms with Gasteiger partial charge in [-0.3, -0.25) is 13.9 Å². The van der Waals surface area contributed by atoms with E-state index in [0.717, 1.165) is 28.3 Å². The van der Waals surface area contributed by atoms with Gasteiger partial charge in [-0.1, -0.05) is 18.2 Å². The Hall–Kier alpha value is -2.52. The molecule has 0 unspecified atom stereocenters. The molecule has 0 atom stereocenters. The molecule has 3 rings (SSSR count). The van der Waals surface area contributed by atoms with Crippen molar-refractivity contribution in [3.8, 4) is 0 Å². The van der Waals surface area contributed by atoms with Gasteiger partial charge < -0.3 is 10.2 Å². The van der Waals surface area contributed by atoms with Gasteiger partial charge in [-0.15, -0.1) is 11.8 Å². The highest BCUT2D eigenvalue weighted by atomic mass is 32.2. The van der Waals surface area contributed by atoms with Gasteiger partial charge in [-0.05, 0) is 49.4 Å². The number of hydrogen-bond donors (Lipinski definition) is 1. The van der Waals surface area contributed by atoms with Gasteiger partial charge in [0.25, 0.3) is 5.91 Å². The maximum Gasteiger partial charge on any atom is 0.255 e. The topological polar surface area (TPSA) is 86.8 Å². The summed E-state index contributed by atoms with van der Waals surface area (Å²) in [6.07, 6.45) is 4.90. The largest absolute Gasteiger partial charge is 0.339 e. The molecule has 9 heteroatoms. The van der Waals surface area contributed by atoms with Crippen LogP contribution in [0.5, 0.6) is 0 Å². The number of para-hydroxylation sites is 1. The van der Waals surface area contributed by atoms with Crippen LogP contribution >= 0.6 is 11.8 Å². The number of nitrogens with zero attached hydrogens (tertiary/aromatic N) is 2. The van der Waals surface area contributed by atoms with Gasteiger partial charge in [-0.2, -0.15) is 0 Å². The third-order valence-corrected chi connectivity index (χ3v) is 6.72. The van der Waals surface area contributed by atoms with E-state index in [1.807, 2.05) is 12.3 Å². The van der Waals surface area contributed by atoms with Gasteiger partial charge in [-0.25, -0.2) is 8.42 Å². The maximum absolute atomic E-state index is 12.8. The summed E-state index contributed by atoms with van der Waals surface area (Å²) in [5.41, 5.74) is 1.20. The number of likely N-dealkylation sites (tertiary alicyclic amines) is 1. The van der Waals surface area contributed by atoms with Gasteiger partial charge in [0.1, 0.15) is 6.54 Å². The Morgan fingerprint density at radius 2 is 1.80 bits per heavy atom. The number of rotatable bonds is 7. The van der Waals surface area contributed by atoms with E-state index in [2.05, 4.69) is 5.32 Å². The molecule has 2 aromatic carbocycles. The lowest BCUT2D eigenvalue weighted by Gasteiger charge is -2.23. The van der Waals surface area contributed by atoms with E-state index < -0.39 is 15.9 Å². The van der Waals surface area contributed by atoms with E-state index in [1.165, 1.54) is 11.8 Å². The molecule has 1 aliphatic rings. The molecule has 160 valence electrons. The highest BCUT2D eigenvalue weighted by molar-refractivity contribution is 7.98. The van der Waals surface area contributed by atoms with Gasteiger partial charge in [0.05, 0.1) is 23.2 Å². The summed E-state index contributed by atoms with van der Waals surface area (Å²) in [7, 11) is -3.68.